The first-order valence-corrected chi connectivity index (χ1v) is 9.88. The molecule has 1 heterocycles. The van der Waals surface area contributed by atoms with Gasteiger partial charge in [0, 0.05) is 30.4 Å². The number of aromatic nitrogens is 1. The van der Waals surface area contributed by atoms with Crippen molar-refractivity contribution in [1.29, 1.82) is 0 Å². The first-order valence-electron chi connectivity index (χ1n) is 9.88. The van der Waals surface area contributed by atoms with E-state index < -0.39 is 17.3 Å². The van der Waals surface area contributed by atoms with Gasteiger partial charge in [0.05, 0.1) is 5.56 Å². The van der Waals surface area contributed by atoms with Crippen LogP contribution in [0.25, 0.3) is 0 Å². The molecule has 156 valence electrons. The van der Waals surface area contributed by atoms with Gasteiger partial charge in [0.1, 0.15) is 17.3 Å². The van der Waals surface area contributed by atoms with Crippen molar-refractivity contribution in [2.24, 2.45) is 11.8 Å². The third kappa shape index (κ3) is 5.08. The van der Waals surface area contributed by atoms with Crippen molar-refractivity contribution in [3.8, 4) is 0 Å². The average Bonchev–Trinajstić information content (AvgIpc) is 2.68. The molecule has 0 radical (unpaired) electrons. The number of hydrogen-bond donors (Lipinski definition) is 2. The van der Waals surface area contributed by atoms with Crippen LogP contribution in [0.15, 0.2) is 41.3 Å². The normalized spacial score (nSPS) is 21.4. The van der Waals surface area contributed by atoms with Gasteiger partial charge in [-0.2, -0.15) is 0 Å². The molecule has 1 aromatic carbocycles. The van der Waals surface area contributed by atoms with Crippen LogP contribution in [0.4, 0.5) is 13.2 Å². The topological polar surface area (TPSA) is 62.0 Å². The first kappa shape index (κ1) is 21.1. The molecule has 2 N–H and O–H groups in total. The van der Waals surface area contributed by atoms with Crippen molar-refractivity contribution in [1.82, 2.24) is 10.3 Å². The van der Waals surface area contributed by atoms with Gasteiger partial charge in [0.25, 0.3) is 5.91 Å². The lowest BCUT2D eigenvalue weighted by atomic mass is 9.72. The molecule has 1 unspecified atom stereocenters. The number of pyridine rings is 1. The molecule has 3 rings (SSSR count). The highest BCUT2D eigenvalue weighted by Gasteiger charge is 2.40. The van der Waals surface area contributed by atoms with Crippen LogP contribution < -0.4 is 10.9 Å². The Morgan fingerprint density at radius 1 is 1.17 bits per heavy atom. The van der Waals surface area contributed by atoms with Gasteiger partial charge >= 0.3 is 0 Å². The Labute approximate surface area is 167 Å². The zero-order valence-electron chi connectivity index (χ0n) is 16.3. The highest BCUT2D eigenvalue weighted by Crippen LogP contribution is 2.44. The Kier molecular flexibility index (Phi) is 6.45. The number of alkyl halides is 1. The molecule has 0 spiro atoms. The Balaban J connectivity index is 1.48. The summed E-state index contributed by atoms with van der Waals surface area (Å²) < 4.78 is 42.5. The monoisotopic (exact) mass is 406 g/mol. The van der Waals surface area contributed by atoms with E-state index in [4.69, 9.17) is 0 Å². The second-order valence-electron chi connectivity index (χ2n) is 7.90. The maximum Gasteiger partial charge on any atom is 0.252 e. The summed E-state index contributed by atoms with van der Waals surface area (Å²) in [5, 5.41) is 2.83. The molecule has 0 saturated heterocycles. The van der Waals surface area contributed by atoms with Crippen molar-refractivity contribution in [3.05, 3.63) is 69.6 Å². The van der Waals surface area contributed by atoms with Gasteiger partial charge in [-0.1, -0.05) is 0 Å². The lowest BCUT2D eigenvalue weighted by Crippen LogP contribution is -2.33. The largest absolute Gasteiger partial charge is 0.352 e. The lowest BCUT2D eigenvalue weighted by Gasteiger charge is -2.36. The van der Waals surface area contributed by atoms with Crippen LogP contribution in [0.2, 0.25) is 0 Å². The number of aromatic amines is 1. The van der Waals surface area contributed by atoms with Crippen LogP contribution in [0.1, 0.15) is 54.9 Å². The Morgan fingerprint density at radius 2 is 1.90 bits per heavy atom. The van der Waals surface area contributed by atoms with Crippen LogP contribution >= 0.6 is 0 Å². The molecule has 1 amide bonds. The summed E-state index contributed by atoms with van der Waals surface area (Å²) in [7, 11) is 0. The second-order valence-corrected chi connectivity index (χ2v) is 7.90. The number of H-pyrrole nitrogens is 1. The molecule has 0 aliphatic heterocycles. The third-order valence-corrected chi connectivity index (χ3v) is 5.96. The van der Waals surface area contributed by atoms with Crippen molar-refractivity contribution in [2.75, 3.05) is 6.54 Å². The van der Waals surface area contributed by atoms with Gasteiger partial charge < -0.3 is 10.3 Å². The predicted octanol–water partition coefficient (Wildman–Crippen LogP) is 4.46. The van der Waals surface area contributed by atoms with Crippen molar-refractivity contribution >= 4 is 5.91 Å². The zero-order chi connectivity index (χ0) is 21.0. The minimum atomic E-state index is -1.85. The maximum absolute atomic E-state index is 15.4. The molecule has 29 heavy (non-hydrogen) atoms. The Morgan fingerprint density at radius 3 is 2.52 bits per heavy atom. The number of rotatable bonds is 6. The lowest BCUT2D eigenvalue weighted by molar-refractivity contribution is 0.0555. The summed E-state index contributed by atoms with van der Waals surface area (Å²) in [5.74, 6) is -1.78. The predicted molar refractivity (Wildman–Crippen MR) is 104 cm³/mol. The van der Waals surface area contributed by atoms with Crippen molar-refractivity contribution in [2.45, 2.75) is 44.7 Å². The van der Waals surface area contributed by atoms with E-state index in [0.717, 1.165) is 31.4 Å². The fraction of sp³-hybridized carbons (Fsp3) is 0.455. The van der Waals surface area contributed by atoms with Gasteiger partial charge in [-0.15, -0.1) is 0 Å². The van der Waals surface area contributed by atoms with E-state index in [1.807, 2.05) is 0 Å². The van der Waals surface area contributed by atoms with Gasteiger partial charge in [-0.05, 0) is 69.1 Å². The van der Waals surface area contributed by atoms with Crippen molar-refractivity contribution < 1.29 is 18.0 Å². The molecule has 7 heteroatoms. The minimum Gasteiger partial charge on any atom is -0.352 e. The summed E-state index contributed by atoms with van der Waals surface area (Å²) in [6.45, 7) is 1.87. The molecule has 0 bridgehead atoms. The summed E-state index contributed by atoms with van der Waals surface area (Å²) in [4.78, 5) is 25.5. The number of carbonyl (C=O) groups excluding carboxylic acids is 1. The van der Waals surface area contributed by atoms with Crippen LogP contribution in [0, 0.1) is 23.5 Å². The fourth-order valence-corrected chi connectivity index (χ4v) is 4.14. The number of carbonyl (C=O) groups is 1. The molecule has 1 fully saturated rings. The van der Waals surface area contributed by atoms with Crippen LogP contribution in [0.5, 0.6) is 0 Å². The summed E-state index contributed by atoms with van der Waals surface area (Å²) in [5.41, 5.74) is -1.81. The molecular weight excluding hydrogens is 381 g/mol. The molecule has 1 saturated carbocycles. The Hall–Kier alpha value is -2.57. The molecule has 2 aromatic rings. The standard InChI is InChI=1S/C22H25F3N2O2/c1-22(25,18-8-7-17(23)12-19(18)24)16-5-2-14(3-6-16)10-11-26-21(29)15-4-9-20(28)27-13-15/h4,7-9,12-14,16H,2-3,5-6,10-11H2,1H3,(H,26,29)(H,27,28). The molecule has 1 aliphatic rings. The highest BCUT2D eigenvalue weighted by molar-refractivity contribution is 5.93. The van der Waals surface area contributed by atoms with Gasteiger partial charge in [-0.25, -0.2) is 13.2 Å². The average molecular weight is 406 g/mol. The molecular formula is C22H25F3N2O2. The molecule has 1 atom stereocenters. The van der Waals surface area contributed by atoms with E-state index in [1.165, 1.54) is 31.3 Å². The van der Waals surface area contributed by atoms with E-state index in [9.17, 15) is 18.4 Å². The van der Waals surface area contributed by atoms with E-state index in [0.29, 0.717) is 30.9 Å². The first-order chi connectivity index (χ1) is 13.8. The fourth-order valence-electron chi connectivity index (χ4n) is 4.14. The summed E-state index contributed by atoms with van der Waals surface area (Å²) >= 11 is 0. The zero-order valence-corrected chi connectivity index (χ0v) is 16.3. The maximum atomic E-state index is 15.4. The van der Waals surface area contributed by atoms with Crippen LogP contribution in [-0.4, -0.2) is 17.4 Å². The number of benzene rings is 1. The van der Waals surface area contributed by atoms with Gasteiger partial charge in [-0.3, -0.25) is 9.59 Å². The van der Waals surface area contributed by atoms with Crippen LogP contribution in [-0.2, 0) is 5.67 Å². The van der Waals surface area contributed by atoms with E-state index in [2.05, 4.69) is 10.3 Å². The minimum absolute atomic E-state index is 0.0875. The summed E-state index contributed by atoms with van der Waals surface area (Å²) in [6.07, 6.45) is 4.96. The summed E-state index contributed by atoms with van der Waals surface area (Å²) in [6, 6.07) is 5.78. The van der Waals surface area contributed by atoms with Crippen molar-refractivity contribution in [3.63, 3.8) is 0 Å². The van der Waals surface area contributed by atoms with E-state index >= 15 is 4.39 Å². The van der Waals surface area contributed by atoms with Gasteiger partial charge in [0.2, 0.25) is 5.56 Å². The number of amides is 1. The SMILES string of the molecule is CC(F)(c1ccc(F)cc1F)C1CCC(CCNC(=O)c2ccc(=O)[nH]c2)CC1. The quantitative estimate of drug-likeness (QED) is 0.744. The second kappa shape index (κ2) is 8.84. The highest BCUT2D eigenvalue weighted by atomic mass is 19.2. The molecule has 4 nitrogen and oxygen atoms in total. The number of halogens is 3. The van der Waals surface area contributed by atoms with E-state index in [-0.39, 0.29) is 22.9 Å². The number of hydrogen-bond acceptors (Lipinski definition) is 2. The smallest absolute Gasteiger partial charge is 0.252 e. The molecule has 1 aromatic heterocycles. The molecule has 1 aliphatic carbocycles. The van der Waals surface area contributed by atoms with Crippen LogP contribution in [0.3, 0.4) is 0 Å². The van der Waals surface area contributed by atoms with E-state index in [1.54, 1.807) is 0 Å². The van der Waals surface area contributed by atoms with Gasteiger partial charge in [0.15, 0.2) is 0 Å². The third-order valence-electron chi connectivity index (χ3n) is 5.96. The Bertz CT molecular complexity index is 898. The number of nitrogens with one attached hydrogen (secondary N) is 2.